The van der Waals surface area contributed by atoms with E-state index in [1.165, 1.54) is 6.08 Å². The van der Waals surface area contributed by atoms with Gasteiger partial charge in [-0.1, -0.05) is 0 Å². The third-order valence-corrected chi connectivity index (χ3v) is 4.45. The number of ether oxygens (including phenoxy) is 2. The molecule has 1 atom stereocenters. The van der Waals surface area contributed by atoms with Crippen LogP contribution in [0, 0.1) is 0 Å². The lowest BCUT2D eigenvalue weighted by atomic mass is 10.1. The molecule has 0 aliphatic carbocycles. The maximum atomic E-state index is 12.1. The Morgan fingerprint density at radius 2 is 1.95 bits per heavy atom. The molecule has 20 heavy (non-hydrogen) atoms. The average molecular weight is 295 g/mol. The molecule has 2 aliphatic heterocycles. The Kier molecular flexibility index (Phi) is 3.13. The van der Waals surface area contributed by atoms with Gasteiger partial charge in [0.15, 0.2) is 21.3 Å². The Hall–Kier alpha value is -2.02. The standard InChI is InChI=1S/C13H13NO5S/c15-13(14-10-3-6-20(16,17)8-10)9-1-2-11-12(7-9)19-5-4-18-11/h1-3,6-7,10H,4-5,8H2,(H,14,15)/t10-/m0/s1. The third kappa shape index (κ3) is 2.62. The molecule has 1 aromatic rings. The molecule has 0 saturated heterocycles. The van der Waals surface area contributed by atoms with Crippen LogP contribution in [-0.4, -0.2) is 39.3 Å². The quantitative estimate of drug-likeness (QED) is 0.859. The van der Waals surface area contributed by atoms with Crippen LogP contribution in [0.1, 0.15) is 10.4 Å². The molecule has 0 aromatic heterocycles. The van der Waals surface area contributed by atoms with E-state index in [-0.39, 0.29) is 11.7 Å². The number of fused-ring (bicyclic) bond motifs is 1. The zero-order valence-electron chi connectivity index (χ0n) is 10.5. The molecule has 0 bridgehead atoms. The molecule has 106 valence electrons. The van der Waals surface area contributed by atoms with Gasteiger partial charge in [-0.2, -0.15) is 0 Å². The number of sulfone groups is 1. The molecule has 6 nitrogen and oxygen atoms in total. The number of carbonyl (C=O) groups excluding carboxylic acids is 1. The summed E-state index contributed by atoms with van der Waals surface area (Å²) in [5, 5.41) is 3.78. The predicted octanol–water partition coefficient (Wildman–Crippen LogP) is 0.498. The Balaban J connectivity index is 1.73. The molecular weight excluding hydrogens is 282 g/mol. The molecule has 7 heteroatoms. The molecule has 0 radical (unpaired) electrons. The van der Waals surface area contributed by atoms with Crippen molar-refractivity contribution in [3.63, 3.8) is 0 Å². The Bertz CT molecular complexity index is 680. The number of benzene rings is 1. The highest BCUT2D eigenvalue weighted by Gasteiger charge is 2.24. The van der Waals surface area contributed by atoms with Crippen LogP contribution in [0.2, 0.25) is 0 Å². The topological polar surface area (TPSA) is 81.7 Å². The fourth-order valence-corrected chi connectivity index (χ4v) is 3.34. The van der Waals surface area contributed by atoms with Gasteiger partial charge in [-0.3, -0.25) is 4.79 Å². The van der Waals surface area contributed by atoms with Gasteiger partial charge in [-0.25, -0.2) is 8.42 Å². The summed E-state index contributed by atoms with van der Waals surface area (Å²) in [7, 11) is -3.18. The second-order valence-corrected chi connectivity index (χ2v) is 6.53. The first-order chi connectivity index (χ1) is 9.53. The summed E-state index contributed by atoms with van der Waals surface area (Å²) in [6, 6.07) is 4.40. The second-order valence-electron chi connectivity index (χ2n) is 4.60. The smallest absolute Gasteiger partial charge is 0.251 e. The largest absolute Gasteiger partial charge is 0.486 e. The number of hydrogen-bond donors (Lipinski definition) is 1. The molecule has 1 amide bonds. The number of rotatable bonds is 2. The van der Waals surface area contributed by atoms with Crippen LogP contribution in [-0.2, 0) is 9.84 Å². The maximum Gasteiger partial charge on any atom is 0.251 e. The van der Waals surface area contributed by atoms with E-state index in [0.717, 1.165) is 5.41 Å². The van der Waals surface area contributed by atoms with Gasteiger partial charge in [-0.15, -0.1) is 0 Å². The lowest BCUT2D eigenvalue weighted by Crippen LogP contribution is -2.35. The van der Waals surface area contributed by atoms with Crippen LogP contribution in [0.15, 0.2) is 29.7 Å². The summed E-state index contributed by atoms with van der Waals surface area (Å²) in [5.41, 5.74) is 0.409. The van der Waals surface area contributed by atoms with Crippen molar-refractivity contribution in [2.24, 2.45) is 0 Å². The van der Waals surface area contributed by atoms with Crippen LogP contribution in [0.5, 0.6) is 11.5 Å². The summed E-state index contributed by atoms with van der Waals surface area (Å²) in [6.45, 7) is 0.935. The zero-order chi connectivity index (χ0) is 14.2. The molecule has 1 aromatic carbocycles. The molecule has 0 unspecified atom stereocenters. The van der Waals surface area contributed by atoms with Gasteiger partial charge in [0.1, 0.15) is 13.2 Å². The summed E-state index contributed by atoms with van der Waals surface area (Å²) in [4.78, 5) is 12.1. The van der Waals surface area contributed by atoms with Crippen LogP contribution in [0.4, 0.5) is 0 Å². The summed E-state index contributed by atoms with van der Waals surface area (Å²) in [6.07, 6.45) is 1.48. The Morgan fingerprint density at radius 3 is 2.65 bits per heavy atom. The van der Waals surface area contributed by atoms with Crippen molar-refractivity contribution >= 4 is 15.7 Å². The monoisotopic (exact) mass is 295 g/mol. The van der Waals surface area contributed by atoms with Gasteiger partial charge in [0, 0.05) is 11.0 Å². The van der Waals surface area contributed by atoms with E-state index in [0.29, 0.717) is 30.3 Å². The highest BCUT2D eigenvalue weighted by molar-refractivity contribution is 7.94. The van der Waals surface area contributed by atoms with Gasteiger partial charge in [0.05, 0.1) is 11.8 Å². The van der Waals surface area contributed by atoms with Crippen LogP contribution < -0.4 is 14.8 Å². The van der Waals surface area contributed by atoms with Crippen molar-refractivity contribution in [2.75, 3.05) is 19.0 Å². The van der Waals surface area contributed by atoms with Crippen molar-refractivity contribution < 1.29 is 22.7 Å². The van der Waals surface area contributed by atoms with Crippen LogP contribution in [0.25, 0.3) is 0 Å². The summed E-state index contributed by atoms with van der Waals surface area (Å²) < 4.78 is 33.3. The van der Waals surface area contributed by atoms with Gasteiger partial charge >= 0.3 is 0 Å². The fraction of sp³-hybridized carbons (Fsp3) is 0.308. The third-order valence-electron chi connectivity index (χ3n) is 3.05. The molecule has 0 saturated carbocycles. The molecule has 2 heterocycles. The first-order valence-electron chi connectivity index (χ1n) is 6.15. The van der Waals surface area contributed by atoms with Crippen molar-refractivity contribution in [3.05, 3.63) is 35.2 Å². The molecule has 1 N–H and O–H groups in total. The minimum absolute atomic E-state index is 0.0940. The van der Waals surface area contributed by atoms with Crippen molar-refractivity contribution in [3.8, 4) is 11.5 Å². The van der Waals surface area contributed by atoms with Gasteiger partial charge < -0.3 is 14.8 Å². The molecule has 0 fully saturated rings. The van der Waals surface area contributed by atoms with Gasteiger partial charge in [0.25, 0.3) is 5.91 Å². The molecule has 0 spiro atoms. The molecule has 2 aliphatic rings. The van der Waals surface area contributed by atoms with E-state index < -0.39 is 15.9 Å². The van der Waals surface area contributed by atoms with E-state index in [1.807, 2.05) is 0 Å². The van der Waals surface area contributed by atoms with E-state index in [4.69, 9.17) is 9.47 Å². The molecule has 3 rings (SSSR count). The number of nitrogens with one attached hydrogen (secondary N) is 1. The Morgan fingerprint density at radius 1 is 1.20 bits per heavy atom. The number of amides is 1. The van der Waals surface area contributed by atoms with Gasteiger partial charge in [-0.05, 0) is 24.3 Å². The normalized spacial score (nSPS) is 22.5. The average Bonchev–Trinajstić information content (AvgIpc) is 2.77. The highest BCUT2D eigenvalue weighted by atomic mass is 32.2. The van der Waals surface area contributed by atoms with E-state index in [9.17, 15) is 13.2 Å². The van der Waals surface area contributed by atoms with Crippen molar-refractivity contribution in [1.29, 1.82) is 0 Å². The highest BCUT2D eigenvalue weighted by Crippen LogP contribution is 2.30. The first-order valence-corrected chi connectivity index (χ1v) is 7.86. The van der Waals surface area contributed by atoms with Crippen molar-refractivity contribution in [2.45, 2.75) is 6.04 Å². The number of hydrogen-bond acceptors (Lipinski definition) is 5. The van der Waals surface area contributed by atoms with Crippen LogP contribution >= 0.6 is 0 Å². The summed E-state index contributed by atoms with van der Waals surface area (Å²) in [5.74, 6) is 0.701. The maximum absolute atomic E-state index is 12.1. The van der Waals surface area contributed by atoms with E-state index in [1.54, 1.807) is 18.2 Å². The van der Waals surface area contributed by atoms with Gasteiger partial charge in [0.2, 0.25) is 0 Å². The van der Waals surface area contributed by atoms with Crippen molar-refractivity contribution in [1.82, 2.24) is 5.32 Å². The fourth-order valence-electron chi connectivity index (χ4n) is 2.10. The first kappa shape index (κ1) is 13.0. The lowest BCUT2D eigenvalue weighted by Gasteiger charge is -2.19. The van der Waals surface area contributed by atoms with E-state index >= 15 is 0 Å². The SMILES string of the molecule is O=C(N[C@H]1C=CS(=O)(=O)C1)c1ccc2c(c1)OCCO2. The Labute approximate surface area is 116 Å². The second kappa shape index (κ2) is 4.82. The minimum Gasteiger partial charge on any atom is -0.486 e. The minimum atomic E-state index is -3.18. The van der Waals surface area contributed by atoms with E-state index in [2.05, 4.69) is 5.32 Å². The summed E-state index contributed by atoms with van der Waals surface area (Å²) >= 11 is 0. The van der Waals surface area contributed by atoms with Crippen LogP contribution in [0.3, 0.4) is 0 Å². The predicted molar refractivity (Wildman–Crippen MR) is 71.6 cm³/mol. The lowest BCUT2D eigenvalue weighted by molar-refractivity contribution is 0.0946. The number of carbonyl (C=O) groups is 1. The zero-order valence-corrected chi connectivity index (χ0v) is 11.4. The molecular formula is C13H13NO5S.